The average Bonchev–Trinajstić information content (AvgIpc) is 2.34. The molecule has 0 heterocycles. The summed E-state index contributed by atoms with van der Waals surface area (Å²) in [5.74, 6) is 0. The number of halogens is 1. The van der Waals surface area contributed by atoms with Gasteiger partial charge in [-0.1, -0.05) is 29.4 Å². The molecule has 3 N–H and O–H groups in total. The number of carbonyl (C=O) groups excluding carboxylic acids is 1. The summed E-state index contributed by atoms with van der Waals surface area (Å²) in [6, 6.07) is 13.1. The summed E-state index contributed by atoms with van der Waals surface area (Å²) >= 11 is 7.48. The Morgan fingerprint density at radius 3 is 2.67 bits per heavy atom. The Morgan fingerprint density at radius 2 is 1.94 bits per heavy atom. The first-order chi connectivity index (χ1) is 8.69. The van der Waals surface area contributed by atoms with Gasteiger partial charge in [0.2, 0.25) is 6.41 Å². The molecule has 0 aliphatic rings. The molecule has 0 aliphatic carbocycles. The minimum atomic E-state index is 0.539. The number of hydrogen-bond donors (Lipinski definition) is 2. The normalized spacial score (nSPS) is 10.1. The zero-order valence-electron chi connectivity index (χ0n) is 9.39. The predicted octanol–water partition coefficient (Wildman–Crippen LogP) is 3.64. The molecule has 2 aromatic rings. The minimum Gasteiger partial charge on any atom is -0.397 e. The van der Waals surface area contributed by atoms with Crippen molar-refractivity contribution in [2.24, 2.45) is 0 Å². The Bertz CT molecular complexity index is 575. The lowest BCUT2D eigenvalue weighted by Gasteiger charge is -2.07. The van der Waals surface area contributed by atoms with Crippen LogP contribution < -0.4 is 11.1 Å². The van der Waals surface area contributed by atoms with Gasteiger partial charge in [-0.3, -0.25) is 4.79 Å². The summed E-state index contributed by atoms with van der Waals surface area (Å²) in [6.07, 6.45) is 0.611. The Labute approximate surface area is 114 Å². The fourth-order valence-corrected chi connectivity index (χ4v) is 2.63. The van der Waals surface area contributed by atoms with Crippen LogP contribution in [-0.4, -0.2) is 6.41 Å². The second-order valence-electron chi connectivity index (χ2n) is 3.57. The Kier molecular flexibility index (Phi) is 4.12. The van der Waals surface area contributed by atoms with Crippen LogP contribution in [0.1, 0.15) is 0 Å². The van der Waals surface area contributed by atoms with Crippen molar-refractivity contribution in [3.8, 4) is 0 Å². The molecule has 0 radical (unpaired) electrons. The lowest BCUT2D eigenvalue weighted by molar-refractivity contribution is -0.105. The van der Waals surface area contributed by atoms with Crippen molar-refractivity contribution in [3.05, 3.63) is 47.5 Å². The monoisotopic (exact) mass is 278 g/mol. The number of benzene rings is 2. The van der Waals surface area contributed by atoms with E-state index in [2.05, 4.69) is 5.32 Å². The van der Waals surface area contributed by atoms with Gasteiger partial charge in [0.25, 0.3) is 0 Å². The lowest BCUT2D eigenvalue weighted by Crippen LogP contribution is -1.98. The molecule has 18 heavy (non-hydrogen) atoms. The Balaban J connectivity index is 2.24. The molecular formula is C13H11ClN2OS. The fourth-order valence-electron chi connectivity index (χ4n) is 1.45. The molecule has 5 heteroatoms. The van der Waals surface area contributed by atoms with Gasteiger partial charge in [-0.05, 0) is 36.4 Å². The van der Waals surface area contributed by atoms with Gasteiger partial charge in [-0.25, -0.2) is 0 Å². The maximum Gasteiger partial charge on any atom is 0.211 e. The van der Waals surface area contributed by atoms with E-state index in [1.165, 1.54) is 0 Å². The van der Waals surface area contributed by atoms with E-state index in [1.54, 1.807) is 17.8 Å². The molecule has 0 aliphatic heterocycles. The number of nitrogens with two attached hydrogens (primary N) is 1. The highest BCUT2D eigenvalue weighted by Gasteiger charge is 2.03. The topological polar surface area (TPSA) is 55.1 Å². The predicted molar refractivity (Wildman–Crippen MR) is 76.1 cm³/mol. The number of hydrogen-bond acceptors (Lipinski definition) is 3. The second-order valence-corrected chi connectivity index (χ2v) is 5.15. The highest BCUT2D eigenvalue weighted by molar-refractivity contribution is 7.99. The van der Waals surface area contributed by atoms with Crippen molar-refractivity contribution in [1.29, 1.82) is 0 Å². The third kappa shape index (κ3) is 3.18. The highest BCUT2D eigenvalue weighted by Crippen LogP contribution is 2.32. The molecule has 0 unspecified atom stereocenters. The number of anilines is 2. The maximum atomic E-state index is 10.4. The third-order valence-corrected chi connectivity index (χ3v) is 3.49. The maximum absolute atomic E-state index is 10.4. The van der Waals surface area contributed by atoms with Crippen molar-refractivity contribution in [2.75, 3.05) is 11.1 Å². The first-order valence-corrected chi connectivity index (χ1v) is 6.41. The van der Waals surface area contributed by atoms with E-state index < -0.39 is 0 Å². The van der Waals surface area contributed by atoms with Gasteiger partial charge < -0.3 is 11.1 Å². The average molecular weight is 279 g/mol. The Hall–Kier alpha value is -1.65. The van der Waals surface area contributed by atoms with Crippen LogP contribution in [-0.2, 0) is 4.79 Å². The first kappa shape index (κ1) is 12.8. The number of rotatable bonds is 4. The summed E-state index contributed by atoms with van der Waals surface area (Å²) < 4.78 is 0. The molecule has 0 atom stereocenters. The van der Waals surface area contributed by atoms with Gasteiger partial charge in [0.05, 0.1) is 11.4 Å². The van der Waals surface area contributed by atoms with Crippen LogP contribution in [0.25, 0.3) is 0 Å². The molecule has 2 aromatic carbocycles. The van der Waals surface area contributed by atoms with Crippen LogP contribution in [0.3, 0.4) is 0 Å². The molecular weight excluding hydrogens is 268 g/mol. The quantitative estimate of drug-likeness (QED) is 0.663. The van der Waals surface area contributed by atoms with Gasteiger partial charge in [-0.2, -0.15) is 0 Å². The van der Waals surface area contributed by atoms with E-state index in [0.29, 0.717) is 22.8 Å². The van der Waals surface area contributed by atoms with Crippen LogP contribution in [0.15, 0.2) is 52.3 Å². The first-order valence-electron chi connectivity index (χ1n) is 5.22. The zero-order valence-corrected chi connectivity index (χ0v) is 11.0. The van der Waals surface area contributed by atoms with Gasteiger partial charge >= 0.3 is 0 Å². The summed E-state index contributed by atoms with van der Waals surface area (Å²) in [4.78, 5) is 12.5. The molecule has 92 valence electrons. The summed E-state index contributed by atoms with van der Waals surface area (Å²) in [5.41, 5.74) is 6.89. The second kappa shape index (κ2) is 5.80. The SMILES string of the molecule is Nc1ccc(Sc2cccc(Cl)c2)cc1NC=O. The molecule has 2 rings (SSSR count). The number of nitrogens with one attached hydrogen (secondary N) is 1. The van der Waals surface area contributed by atoms with Crippen LogP contribution >= 0.6 is 23.4 Å². The van der Waals surface area contributed by atoms with Crippen LogP contribution in [0, 0.1) is 0 Å². The fraction of sp³-hybridized carbons (Fsp3) is 0. The van der Waals surface area contributed by atoms with Gasteiger partial charge in [-0.15, -0.1) is 0 Å². The molecule has 0 bridgehead atoms. The molecule has 0 saturated carbocycles. The van der Waals surface area contributed by atoms with Crippen LogP contribution in [0.2, 0.25) is 5.02 Å². The smallest absolute Gasteiger partial charge is 0.211 e. The summed E-state index contributed by atoms with van der Waals surface area (Å²) in [7, 11) is 0. The molecule has 0 fully saturated rings. The molecule has 0 aromatic heterocycles. The van der Waals surface area contributed by atoms with Gasteiger partial charge in [0, 0.05) is 14.8 Å². The van der Waals surface area contributed by atoms with E-state index in [1.807, 2.05) is 36.4 Å². The van der Waals surface area contributed by atoms with Crippen molar-refractivity contribution in [2.45, 2.75) is 9.79 Å². The third-order valence-electron chi connectivity index (χ3n) is 2.27. The van der Waals surface area contributed by atoms with E-state index in [-0.39, 0.29) is 0 Å². The molecule has 0 saturated heterocycles. The van der Waals surface area contributed by atoms with Crippen molar-refractivity contribution >= 4 is 41.1 Å². The number of nitrogen functional groups attached to an aromatic ring is 1. The number of amides is 1. The molecule has 0 spiro atoms. The van der Waals surface area contributed by atoms with E-state index in [4.69, 9.17) is 17.3 Å². The van der Waals surface area contributed by atoms with Gasteiger partial charge in [0.1, 0.15) is 0 Å². The molecule has 1 amide bonds. The standard InChI is InChI=1S/C13H11ClN2OS/c14-9-2-1-3-10(6-9)18-11-4-5-12(15)13(7-11)16-8-17/h1-8H,15H2,(H,16,17). The largest absolute Gasteiger partial charge is 0.397 e. The van der Waals surface area contributed by atoms with E-state index in [9.17, 15) is 4.79 Å². The minimum absolute atomic E-state index is 0.539. The summed E-state index contributed by atoms with van der Waals surface area (Å²) in [6.45, 7) is 0. The summed E-state index contributed by atoms with van der Waals surface area (Å²) in [5, 5.41) is 3.26. The van der Waals surface area contributed by atoms with Crippen molar-refractivity contribution in [1.82, 2.24) is 0 Å². The van der Waals surface area contributed by atoms with Crippen molar-refractivity contribution in [3.63, 3.8) is 0 Å². The highest BCUT2D eigenvalue weighted by atomic mass is 35.5. The van der Waals surface area contributed by atoms with Crippen molar-refractivity contribution < 1.29 is 4.79 Å². The van der Waals surface area contributed by atoms with Crippen LogP contribution in [0.4, 0.5) is 11.4 Å². The van der Waals surface area contributed by atoms with E-state index in [0.717, 1.165) is 9.79 Å². The molecule has 3 nitrogen and oxygen atoms in total. The zero-order chi connectivity index (χ0) is 13.0. The van der Waals surface area contributed by atoms with Gasteiger partial charge in [0.15, 0.2) is 0 Å². The number of carbonyl (C=O) groups is 1. The lowest BCUT2D eigenvalue weighted by atomic mass is 10.3. The van der Waals surface area contributed by atoms with E-state index >= 15 is 0 Å². The Morgan fingerprint density at radius 1 is 1.17 bits per heavy atom. The van der Waals surface area contributed by atoms with Crippen LogP contribution in [0.5, 0.6) is 0 Å².